The first-order chi connectivity index (χ1) is 6.89. The molecular weight excluding hydrogens is 223 g/mol. The highest BCUT2D eigenvalue weighted by Crippen LogP contribution is 2.26. The molecule has 1 rings (SSSR count). The molecule has 0 aliphatic heterocycles. The normalized spacial score (nSPS) is 12.1. The number of ether oxygens (including phenoxy) is 1. The van der Waals surface area contributed by atoms with Crippen LogP contribution < -0.4 is 0 Å². The van der Waals surface area contributed by atoms with Gasteiger partial charge >= 0.3 is 12.8 Å². The van der Waals surface area contributed by atoms with E-state index in [1.165, 1.54) is 0 Å². The fraction of sp³-hybridized carbons (Fsp3) is 0.429. The van der Waals surface area contributed by atoms with Crippen LogP contribution >= 0.6 is 0 Å². The summed E-state index contributed by atoms with van der Waals surface area (Å²) in [4.78, 5) is 6.27. The molecule has 0 aliphatic carbocycles. The maximum atomic E-state index is 12.1. The van der Waals surface area contributed by atoms with Gasteiger partial charge in [-0.25, -0.2) is 9.97 Å². The Balaban J connectivity index is 2.75. The van der Waals surface area contributed by atoms with Crippen LogP contribution in [0.5, 0.6) is 0 Å². The maximum Gasteiger partial charge on any atom is 0.434 e. The molecule has 15 heavy (non-hydrogen) atoms. The van der Waals surface area contributed by atoms with Gasteiger partial charge in [0.15, 0.2) is 11.5 Å². The van der Waals surface area contributed by atoms with Gasteiger partial charge in [0.1, 0.15) is 6.61 Å². The van der Waals surface area contributed by atoms with Crippen LogP contribution in [0.25, 0.3) is 0 Å². The van der Waals surface area contributed by atoms with E-state index in [0.29, 0.717) is 6.20 Å². The third-order valence-corrected chi connectivity index (χ3v) is 1.26. The minimum Gasteiger partial charge on any atom is -0.315 e. The van der Waals surface area contributed by atoms with Gasteiger partial charge in [0.25, 0.3) is 0 Å². The molecular formula is C7H4F5N2O. The van der Waals surface area contributed by atoms with Gasteiger partial charge in [0, 0.05) is 12.3 Å². The smallest absolute Gasteiger partial charge is 0.315 e. The van der Waals surface area contributed by atoms with E-state index in [2.05, 4.69) is 14.7 Å². The molecule has 1 radical (unpaired) electrons. The molecule has 83 valence electrons. The molecule has 0 saturated carbocycles. The lowest BCUT2D eigenvalue weighted by molar-refractivity contribution is -0.144. The lowest BCUT2D eigenvalue weighted by Crippen LogP contribution is -2.12. The van der Waals surface area contributed by atoms with Crippen molar-refractivity contribution in [2.45, 2.75) is 19.4 Å². The number of halogens is 5. The van der Waals surface area contributed by atoms with Crippen molar-refractivity contribution in [2.24, 2.45) is 0 Å². The van der Waals surface area contributed by atoms with Crippen molar-refractivity contribution >= 4 is 0 Å². The van der Waals surface area contributed by atoms with Crippen LogP contribution in [0, 0.1) is 6.07 Å². The van der Waals surface area contributed by atoms with E-state index in [1.807, 2.05) is 0 Å². The summed E-state index contributed by atoms with van der Waals surface area (Å²) in [7, 11) is 0. The third-order valence-electron chi connectivity index (χ3n) is 1.26. The molecule has 0 amide bonds. The van der Waals surface area contributed by atoms with Crippen molar-refractivity contribution in [3.05, 3.63) is 23.8 Å². The largest absolute Gasteiger partial charge is 0.434 e. The molecule has 0 bridgehead atoms. The summed E-state index contributed by atoms with van der Waals surface area (Å²) in [6.45, 7) is -3.86. The quantitative estimate of drug-likeness (QED) is 0.741. The summed E-state index contributed by atoms with van der Waals surface area (Å²) in [5, 5.41) is 0. The Labute approximate surface area is 80.9 Å². The second-order valence-corrected chi connectivity index (χ2v) is 2.35. The van der Waals surface area contributed by atoms with E-state index in [4.69, 9.17) is 0 Å². The monoisotopic (exact) mass is 227 g/mol. The van der Waals surface area contributed by atoms with Gasteiger partial charge in [-0.2, -0.15) is 22.0 Å². The minimum atomic E-state index is -4.68. The van der Waals surface area contributed by atoms with Crippen LogP contribution in [0.3, 0.4) is 0 Å². The summed E-state index contributed by atoms with van der Waals surface area (Å²) in [5.74, 6) is -0.471. The molecule has 0 spiro atoms. The van der Waals surface area contributed by atoms with Gasteiger partial charge in [-0.3, -0.25) is 0 Å². The van der Waals surface area contributed by atoms with Crippen LogP contribution in [0.4, 0.5) is 22.0 Å². The fourth-order valence-corrected chi connectivity index (χ4v) is 0.710. The summed E-state index contributed by atoms with van der Waals surface area (Å²) < 4.78 is 63.0. The van der Waals surface area contributed by atoms with E-state index in [9.17, 15) is 22.0 Å². The predicted octanol–water partition coefficient (Wildman–Crippen LogP) is 2.03. The molecule has 8 heteroatoms. The average Bonchev–Trinajstić information content (AvgIpc) is 2.14. The van der Waals surface area contributed by atoms with Crippen LogP contribution in [0.15, 0.2) is 6.20 Å². The predicted molar refractivity (Wildman–Crippen MR) is 36.7 cm³/mol. The number of aromatic nitrogens is 2. The first-order valence-electron chi connectivity index (χ1n) is 3.60. The highest BCUT2D eigenvalue weighted by molar-refractivity contribution is 5.03. The molecule has 0 atom stereocenters. The SMILES string of the molecule is FC(F)OCc1nc[c]c(C(F)(F)F)n1. The number of rotatable bonds is 3. The van der Waals surface area contributed by atoms with Gasteiger partial charge in [0.05, 0.1) is 0 Å². The molecule has 0 saturated heterocycles. The summed E-state index contributed by atoms with van der Waals surface area (Å²) in [5.41, 5.74) is -1.31. The number of alkyl halides is 5. The van der Waals surface area contributed by atoms with Gasteiger partial charge in [0.2, 0.25) is 0 Å². The second-order valence-electron chi connectivity index (χ2n) is 2.35. The van der Waals surface area contributed by atoms with Gasteiger partial charge in [-0.15, -0.1) is 0 Å². The zero-order chi connectivity index (χ0) is 11.5. The minimum absolute atomic E-state index is 0.471. The Morgan fingerprint density at radius 1 is 1.40 bits per heavy atom. The number of nitrogens with zero attached hydrogens (tertiary/aromatic N) is 2. The lowest BCUT2D eigenvalue weighted by atomic mass is 10.4. The van der Waals surface area contributed by atoms with Gasteiger partial charge in [-0.1, -0.05) is 0 Å². The molecule has 3 nitrogen and oxygen atoms in total. The first-order valence-corrected chi connectivity index (χ1v) is 3.60. The third kappa shape index (κ3) is 3.74. The number of hydrogen-bond donors (Lipinski definition) is 0. The Morgan fingerprint density at radius 3 is 2.60 bits per heavy atom. The van der Waals surface area contributed by atoms with Crippen LogP contribution in [0.2, 0.25) is 0 Å². The van der Waals surface area contributed by atoms with E-state index >= 15 is 0 Å². The highest BCUT2D eigenvalue weighted by atomic mass is 19.4. The van der Waals surface area contributed by atoms with Crippen LogP contribution in [-0.2, 0) is 17.5 Å². The maximum absolute atomic E-state index is 12.1. The number of hydrogen-bond acceptors (Lipinski definition) is 3. The fourth-order valence-electron chi connectivity index (χ4n) is 0.710. The zero-order valence-corrected chi connectivity index (χ0v) is 7.05. The van der Waals surface area contributed by atoms with Gasteiger partial charge < -0.3 is 4.74 Å². The summed E-state index contributed by atoms with van der Waals surface area (Å²) in [6.07, 6.45) is -3.97. The lowest BCUT2D eigenvalue weighted by Gasteiger charge is -2.06. The molecule has 0 unspecified atom stereocenters. The molecule has 0 fully saturated rings. The van der Waals surface area contributed by atoms with Crippen molar-refractivity contribution in [3.8, 4) is 0 Å². The molecule has 0 aliphatic rings. The standard InChI is InChI=1S/C7H4F5N2O/c8-6(9)15-3-5-13-2-1-4(14-5)7(10,11)12/h2,6H,3H2. The average molecular weight is 227 g/mol. The van der Waals surface area contributed by atoms with Gasteiger partial charge in [-0.05, 0) is 0 Å². The Kier molecular flexibility index (Phi) is 3.51. The van der Waals surface area contributed by atoms with E-state index < -0.39 is 30.9 Å². The van der Waals surface area contributed by atoms with Crippen LogP contribution in [-0.4, -0.2) is 16.6 Å². The van der Waals surface area contributed by atoms with Crippen LogP contribution in [0.1, 0.15) is 11.5 Å². The second kappa shape index (κ2) is 4.47. The molecule has 1 heterocycles. The highest BCUT2D eigenvalue weighted by Gasteiger charge is 2.33. The van der Waals surface area contributed by atoms with E-state index in [-0.39, 0.29) is 0 Å². The van der Waals surface area contributed by atoms with Crippen molar-refractivity contribution in [3.63, 3.8) is 0 Å². The van der Waals surface area contributed by atoms with Crippen molar-refractivity contribution < 1.29 is 26.7 Å². The van der Waals surface area contributed by atoms with E-state index in [1.54, 1.807) is 6.07 Å². The van der Waals surface area contributed by atoms with E-state index in [0.717, 1.165) is 0 Å². The van der Waals surface area contributed by atoms with Crippen molar-refractivity contribution in [2.75, 3.05) is 0 Å². The summed E-state index contributed by atoms with van der Waals surface area (Å²) in [6, 6.07) is 1.75. The molecule has 1 aromatic heterocycles. The Hall–Kier alpha value is -1.31. The first kappa shape index (κ1) is 11.8. The van der Waals surface area contributed by atoms with Crippen molar-refractivity contribution in [1.82, 2.24) is 9.97 Å². The molecule has 0 N–H and O–H groups in total. The molecule has 1 aromatic rings. The van der Waals surface area contributed by atoms with Crippen molar-refractivity contribution in [1.29, 1.82) is 0 Å². The Morgan fingerprint density at radius 2 is 2.07 bits per heavy atom. The zero-order valence-electron chi connectivity index (χ0n) is 7.05. The molecule has 0 aromatic carbocycles. The Bertz CT molecular complexity index is 327. The summed E-state index contributed by atoms with van der Waals surface area (Å²) >= 11 is 0. The topological polar surface area (TPSA) is 35.0 Å².